The van der Waals surface area contributed by atoms with Gasteiger partial charge < -0.3 is 9.80 Å². The molecule has 0 spiro atoms. The Morgan fingerprint density at radius 3 is 2.61 bits per heavy atom. The summed E-state index contributed by atoms with van der Waals surface area (Å²) in [6.45, 7) is 5.68. The van der Waals surface area contributed by atoms with Gasteiger partial charge in [0.15, 0.2) is 5.82 Å². The van der Waals surface area contributed by atoms with Crippen molar-refractivity contribution in [1.82, 2.24) is 15.1 Å². The molecule has 5 nitrogen and oxygen atoms in total. The average Bonchev–Trinajstić information content (AvgIpc) is 2.82. The highest BCUT2D eigenvalue weighted by Gasteiger charge is 2.27. The zero-order chi connectivity index (χ0) is 13.3. The number of hydrogen-bond donors (Lipinski definition) is 0. The van der Waals surface area contributed by atoms with Crippen molar-refractivity contribution in [3.63, 3.8) is 0 Å². The molecule has 5 heteroatoms. The van der Waals surface area contributed by atoms with E-state index in [9.17, 15) is 5.26 Å². The first kappa shape index (κ1) is 12.8. The van der Waals surface area contributed by atoms with Crippen molar-refractivity contribution in [3.8, 4) is 6.07 Å². The summed E-state index contributed by atoms with van der Waals surface area (Å²) in [6.07, 6.45) is 1.10. The second kappa shape index (κ2) is 4.91. The van der Waals surface area contributed by atoms with Gasteiger partial charge in [-0.15, -0.1) is 5.10 Å². The third-order valence-corrected chi connectivity index (χ3v) is 3.74. The first-order valence-electron chi connectivity index (χ1n) is 6.20. The van der Waals surface area contributed by atoms with Crippen molar-refractivity contribution >= 4 is 5.82 Å². The second-order valence-corrected chi connectivity index (χ2v) is 5.07. The van der Waals surface area contributed by atoms with Crippen molar-refractivity contribution < 1.29 is 0 Å². The summed E-state index contributed by atoms with van der Waals surface area (Å²) in [5.41, 5.74) is 2.44. The third-order valence-electron chi connectivity index (χ3n) is 3.74. The summed E-state index contributed by atoms with van der Waals surface area (Å²) in [7, 11) is 4.18. The molecule has 0 amide bonds. The highest BCUT2D eigenvalue weighted by atomic mass is 15.3. The van der Waals surface area contributed by atoms with Crippen molar-refractivity contribution in [3.05, 3.63) is 16.8 Å². The molecule has 0 aromatic carbocycles. The Balaban J connectivity index is 2.31. The van der Waals surface area contributed by atoms with Crippen LogP contribution in [0.15, 0.2) is 0 Å². The number of rotatable bonds is 2. The van der Waals surface area contributed by atoms with Gasteiger partial charge in [-0.05, 0) is 39.9 Å². The van der Waals surface area contributed by atoms with Crippen LogP contribution in [-0.2, 0) is 0 Å². The third kappa shape index (κ3) is 2.16. The maximum absolute atomic E-state index is 9.30. The Hall–Kier alpha value is -1.67. The highest BCUT2D eigenvalue weighted by molar-refractivity contribution is 5.58. The number of nitrogens with zero attached hydrogens (tertiary/aromatic N) is 5. The van der Waals surface area contributed by atoms with Crippen LogP contribution in [0.25, 0.3) is 0 Å². The van der Waals surface area contributed by atoms with E-state index in [0.29, 0.717) is 11.6 Å². The fraction of sp³-hybridized carbons (Fsp3) is 0.615. The summed E-state index contributed by atoms with van der Waals surface area (Å²) < 4.78 is 0. The van der Waals surface area contributed by atoms with Crippen LogP contribution in [0.5, 0.6) is 0 Å². The molecule has 2 heterocycles. The molecule has 2 rings (SSSR count). The summed E-state index contributed by atoms with van der Waals surface area (Å²) in [6, 6.07) is 2.80. The van der Waals surface area contributed by atoms with E-state index in [0.717, 1.165) is 36.6 Å². The lowest BCUT2D eigenvalue weighted by atomic mass is 10.1. The van der Waals surface area contributed by atoms with Crippen LogP contribution in [0.2, 0.25) is 0 Å². The van der Waals surface area contributed by atoms with Gasteiger partial charge in [-0.25, -0.2) is 0 Å². The predicted molar refractivity (Wildman–Crippen MR) is 70.5 cm³/mol. The molecule has 1 aromatic rings. The van der Waals surface area contributed by atoms with Gasteiger partial charge in [0.1, 0.15) is 11.6 Å². The molecular weight excluding hydrogens is 226 g/mol. The van der Waals surface area contributed by atoms with Crippen LogP contribution in [-0.4, -0.2) is 48.3 Å². The normalized spacial score (nSPS) is 19.3. The zero-order valence-corrected chi connectivity index (χ0v) is 11.4. The molecular formula is C13H19N5. The SMILES string of the molecule is Cc1nnc(N2CCC(N(C)C)C2)c(C#N)c1C. The van der Waals surface area contributed by atoms with E-state index in [1.807, 2.05) is 13.8 Å². The first-order chi connectivity index (χ1) is 8.54. The molecule has 0 N–H and O–H groups in total. The molecule has 18 heavy (non-hydrogen) atoms. The minimum atomic E-state index is 0.528. The van der Waals surface area contributed by atoms with Crippen molar-refractivity contribution in [2.24, 2.45) is 0 Å². The fourth-order valence-corrected chi connectivity index (χ4v) is 2.31. The summed E-state index contributed by atoms with van der Waals surface area (Å²) in [5, 5.41) is 17.7. The molecule has 1 aromatic heterocycles. The fourth-order valence-electron chi connectivity index (χ4n) is 2.31. The summed E-state index contributed by atoms with van der Waals surface area (Å²) in [4.78, 5) is 4.39. The monoisotopic (exact) mass is 245 g/mol. The lowest BCUT2D eigenvalue weighted by Gasteiger charge is -2.21. The van der Waals surface area contributed by atoms with Crippen molar-refractivity contribution in [1.29, 1.82) is 5.26 Å². The molecule has 0 bridgehead atoms. The summed E-state index contributed by atoms with van der Waals surface area (Å²) >= 11 is 0. The number of likely N-dealkylation sites (N-methyl/N-ethyl adjacent to an activating group) is 1. The molecule has 1 fully saturated rings. The molecule has 0 radical (unpaired) electrons. The van der Waals surface area contributed by atoms with E-state index < -0.39 is 0 Å². The minimum Gasteiger partial charge on any atom is -0.352 e. The molecule has 1 aliphatic rings. The Kier molecular flexibility index (Phi) is 3.48. The average molecular weight is 245 g/mol. The second-order valence-electron chi connectivity index (χ2n) is 5.07. The van der Waals surface area contributed by atoms with Gasteiger partial charge >= 0.3 is 0 Å². The minimum absolute atomic E-state index is 0.528. The number of hydrogen-bond acceptors (Lipinski definition) is 5. The molecule has 1 unspecified atom stereocenters. The Bertz CT molecular complexity index is 489. The smallest absolute Gasteiger partial charge is 0.169 e. The quantitative estimate of drug-likeness (QED) is 0.781. The van der Waals surface area contributed by atoms with Gasteiger partial charge in [-0.1, -0.05) is 0 Å². The zero-order valence-electron chi connectivity index (χ0n) is 11.4. The number of aryl methyl sites for hydroxylation is 1. The molecule has 0 aliphatic carbocycles. The van der Waals surface area contributed by atoms with Gasteiger partial charge in [0.05, 0.1) is 5.69 Å². The Morgan fingerprint density at radius 2 is 2.06 bits per heavy atom. The van der Waals surface area contributed by atoms with E-state index in [1.165, 1.54) is 0 Å². The van der Waals surface area contributed by atoms with Gasteiger partial charge in [-0.3, -0.25) is 0 Å². The maximum Gasteiger partial charge on any atom is 0.169 e. The number of nitriles is 1. The number of aromatic nitrogens is 2. The molecule has 96 valence electrons. The first-order valence-corrected chi connectivity index (χ1v) is 6.20. The van der Waals surface area contributed by atoms with Crippen LogP contribution in [0.1, 0.15) is 23.2 Å². The molecule has 1 saturated heterocycles. The van der Waals surface area contributed by atoms with Crippen LogP contribution >= 0.6 is 0 Å². The van der Waals surface area contributed by atoms with E-state index in [-0.39, 0.29) is 0 Å². The van der Waals surface area contributed by atoms with Crippen LogP contribution < -0.4 is 4.90 Å². The van der Waals surface area contributed by atoms with Crippen molar-refractivity contribution in [2.75, 3.05) is 32.1 Å². The van der Waals surface area contributed by atoms with Crippen molar-refractivity contribution in [2.45, 2.75) is 26.3 Å². The largest absolute Gasteiger partial charge is 0.352 e. The van der Waals surface area contributed by atoms with Gasteiger partial charge in [0.25, 0.3) is 0 Å². The lowest BCUT2D eigenvalue weighted by molar-refractivity contribution is 0.315. The Morgan fingerprint density at radius 1 is 1.33 bits per heavy atom. The summed E-state index contributed by atoms with van der Waals surface area (Å²) in [5.74, 6) is 0.741. The lowest BCUT2D eigenvalue weighted by Crippen LogP contribution is -2.32. The van der Waals surface area contributed by atoms with Crippen LogP contribution in [0, 0.1) is 25.2 Å². The molecule has 1 aliphatic heterocycles. The van der Waals surface area contributed by atoms with E-state index in [1.54, 1.807) is 0 Å². The maximum atomic E-state index is 9.30. The standard InChI is InChI=1S/C13H19N5/c1-9-10(2)15-16-13(12(9)7-14)18-6-5-11(8-18)17(3)4/h11H,5-6,8H2,1-4H3. The van der Waals surface area contributed by atoms with Gasteiger partial charge in [0, 0.05) is 19.1 Å². The highest BCUT2D eigenvalue weighted by Crippen LogP contribution is 2.25. The van der Waals surface area contributed by atoms with E-state index >= 15 is 0 Å². The van der Waals surface area contributed by atoms with Crippen LogP contribution in [0.4, 0.5) is 5.82 Å². The predicted octanol–water partition coefficient (Wildman–Crippen LogP) is 1.11. The molecule has 0 saturated carbocycles. The Labute approximate surface area is 108 Å². The topological polar surface area (TPSA) is 56.1 Å². The van der Waals surface area contributed by atoms with Gasteiger partial charge in [0.2, 0.25) is 0 Å². The number of anilines is 1. The molecule has 1 atom stereocenters. The van der Waals surface area contributed by atoms with Gasteiger partial charge in [-0.2, -0.15) is 10.4 Å². The van der Waals surface area contributed by atoms with E-state index in [2.05, 4.69) is 40.2 Å². The van der Waals surface area contributed by atoms with Crippen LogP contribution in [0.3, 0.4) is 0 Å². The van der Waals surface area contributed by atoms with E-state index in [4.69, 9.17) is 0 Å².